The molecule has 0 saturated heterocycles. The fraction of sp³-hybridized carbons (Fsp3) is 0.118. The Morgan fingerprint density at radius 3 is 2.65 bits per heavy atom. The number of hydrogen-bond donors (Lipinski definition) is 1. The molecule has 0 aliphatic carbocycles. The highest BCUT2D eigenvalue weighted by Crippen LogP contribution is 2.26. The average Bonchev–Trinajstić information content (AvgIpc) is 2.99. The molecule has 3 rings (SSSR count). The van der Waals surface area contributed by atoms with Gasteiger partial charge in [0.2, 0.25) is 0 Å². The van der Waals surface area contributed by atoms with Crippen LogP contribution >= 0.6 is 0 Å². The molecule has 0 spiro atoms. The Morgan fingerprint density at radius 1 is 1.17 bits per heavy atom. The molecule has 1 aromatic heterocycles. The van der Waals surface area contributed by atoms with Crippen LogP contribution in [-0.4, -0.2) is 33.2 Å². The van der Waals surface area contributed by atoms with Gasteiger partial charge in [0.1, 0.15) is 11.4 Å². The smallest absolute Gasteiger partial charge is 0.358 e. The van der Waals surface area contributed by atoms with Gasteiger partial charge in [0, 0.05) is 5.56 Å². The van der Waals surface area contributed by atoms with Crippen LogP contribution in [0.5, 0.6) is 5.75 Å². The molecule has 3 aromatic rings. The van der Waals surface area contributed by atoms with Crippen LogP contribution < -0.4 is 4.74 Å². The van der Waals surface area contributed by atoms with Crippen molar-refractivity contribution in [3.05, 3.63) is 65.9 Å². The molecule has 1 heterocycles. The van der Waals surface area contributed by atoms with Crippen LogP contribution in [0.2, 0.25) is 0 Å². The van der Waals surface area contributed by atoms with Crippen LogP contribution in [0.25, 0.3) is 11.3 Å². The molecule has 0 bridgehead atoms. The van der Waals surface area contributed by atoms with Gasteiger partial charge in [0.25, 0.3) is 0 Å². The summed E-state index contributed by atoms with van der Waals surface area (Å²) in [5.41, 5.74) is 2.09. The molecule has 0 atom stereocenters. The maximum atomic E-state index is 11.5. The number of benzene rings is 2. The molecule has 0 radical (unpaired) electrons. The van der Waals surface area contributed by atoms with Crippen molar-refractivity contribution in [1.82, 2.24) is 15.0 Å². The van der Waals surface area contributed by atoms with Gasteiger partial charge < -0.3 is 9.84 Å². The lowest BCUT2D eigenvalue weighted by molar-refractivity contribution is 0.0691. The molecule has 0 aliphatic heterocycles. The Labute approximate surface area is 133 Å². The molecule has 0 saturated carbocycles. The fourth-order valence-corrected chi connectivity index (χ4v) is 2.38. The summed E-state index contributed by atoms with van der Waals surface area (Å²) in [6, 6.07) is 16.9. The number of hydrogen-bond acceptors (Lipinski definition) is 4. The summed E-state index contributed by atoms with van der Waals surface area (Å²) >= 11 is 0. The number of aromatic carboxylic acids is 1. The first-order chi connectivity index (χ1) is 11.2. The van der Waals surface area contributed by atoms with E-state index in [9.17, 15) is 9.90 Å². The first-order valence-corrected chi connectivity index (χ1v) is 7.04. The van der Waals surface area contributed by atoms with E-state index < -0.39 is 5.97 Å². The van der Waals surface area contributed by atoms with Crippen LogP contribution in [-0.2, 0) is 6.54 Å². The maximum Gasteiger partial charge on any atom is 0.358 e. The van der Waals surface area contributed by atoms with Crippen molar-refractivity contribution in [1.29, 1.82) is 0 Å². The van der Waals surface area contributed by atoms with Crippen molar-refractivity contribution in [3.8, 4) is 17.0 Å². The highest BCUT2D eigenvalue weighted by Gasteiger charge is 2.21. The predicted molar refractivity (Wildman–Crippen MR) is 84.5 cm³/mol. The van der Waals surface area contributed by atoms with E-state index in [2.05, 4.69) is 10.3 Å². The van der Waals surface area contributed by atoms with Crippen molar-refractivity contribution < 1.29 is 14.6 Å². The summed E-state index contributed by atoms with van der Waals surface area (Å²) in [6.07, 6.45) is 0. The number of carbonyl (C=O) groups is 1. The molecule has 6 heteroatoms. The van der Waals surface area contributed by atoms with Crippen molar-refractivity contribution in [2.24, 2.45) is 0 Å². The molecular formula is C17H15N3O3. The van der Waals surface area contributed by atoms with E-state index in [4.69, 9.17) is 4.74 Å². The maximum absolute atomic E-state index is 11.5. The first-order valence-electron chi connectivity index (χ1n) is 7.04. The van der Waals surface area contributed by atoms with Crippen molar-refractivity contribution in [2.75, 3.05) is 7.11 Å². The zero-order valence-electron chi connectivity index (χ0n) is 12.5. The lowest BCUT2D eigenvalue weighted by Gasteiger charge is -2.09. The lowest BCUT2D eigenvalue weighted by atomic mass is 10.1. The van der Waals surface area contributed by atoms with E-state index in [0.29, 0.717) is 23.6 Å². The fourth-order valence-electron chi connectivity index (χ4n) is 2.38. The van der Waals surface area contributed by atoms with E-state index >= 15 is 0 Å². The van der Waals surface area contributed by atoms with Gasteiger partial charge in [-0.15, -0.1) is 5.10 Å². The molecular weight excluding hydrogens is 294 g/mol. The average molecular weight is 309 g/mol. The molecule has 0 amide bonds. The van der Waals surface area contributed by atoms with Crippen LogP contribution in [0.1, 0.15) is 16.1 Å². The van der Waals surface area contributed by atoms with Crippen LogP contribution in [0.15, 0.2) is 54.6 Å². The normalized spacial score (nSPS) is 10.5. The molecule has 0 unspecified atom stereocenters. The summed E-state index contributed by atoms with van der Waals surface area (Å²) in [4.78, 5) is 11.5. The minimum absolute atomic E-state index is 0.0748. The second-order valence-corrected chi connectivity index (χ2v) is 4.97. The standard InChI is InChI=1S/C17H15N3O3/c1-23-14-9-5-8-13(10-14)16-15(17(21)22)18-19-20(16)11-12-6-3-2-4-7-12/h2-10H,11H2,1H3,(H,21,22). The van der Waals surface area contributed by atoms with E-state index in [1.54, 1.807) is 30.0 Å². The number of aromatic nitrogens is 3. The van der Waals surface area contributed by atoms with E-state index in [1.807, 2.05) is 36.4 Å². The van der Waals surface area contributed by atoms with Gasteiger partial charge in [-0.25, -0.2) is 9.48 Å². The van der Waals surface area contributed by atoms with Gasteiger partial charge in [-0.1, -0.05) is 47.7 Å². The Kier molecular flexibility index (Phi) is 4.05. The van der Waals surface area contributed by atoms with E-state index in [0.717, 1.165) is 5.56 Å². The summed E-state index contributed by atoms with van der Waals surface area (Å²) < 4.78 is 6.80. The Balaban J connectivity index is 2.09. The second-order valence-electron chi connectivity index (χ2n) is 4.97. The van der Waals surface area contributed by atoms with Gasteiger partial charge in [-0.2, -0.15) is 0 Å². The Hall–Kier alpha value is -3.15. The third-order valence-corrected chi connectivity index (χ3v) is 3.46. The number of ether oxygens (including phenoxy) is 1. The monoisotopic (exact) mass is 309 g/mol. The van der Waals surface area contributed by atoms with Crippen LogP contribution in [0, 0.1) is 0 Å². The highest BCUT2D eigenvalue weighted by molar-refractivity contribution is 5.92. The summed E-state index contributed by atoms with van der Waals surface area (Å²) in [7, 11) is 1.57. The van der Waals surface area contributed by atoms with Crippen molar-refractivity contribution >= 4 is 5.97 Å². The molecule has 2 aromatic carbocycles. The number of carboxylic acid groups (broad SMARTS) is 1. The lowest BCUT2D eigenvalue weighted by Crippen LogP contribution is -2.06. The van der Waals surface area contributed by atoms with Crippen LogP contribution in [0.4, 0.5) is 0 Å². The van der Waals surface area contributed by atoms with E-state index in [-0.39, 0.29) is 5.69 Å². The number of nitrogens with zero attached hydrogens (tertiary/aromatic N) is 3. The van der Waals surface area contributed by atoms with Crippen LogP contribution in [0.3, 0.4) is 0 Å². The van der Waals surface area contributed by atoms with Gasteiger partial charge in [-0.05, 0) is 17.7 Å². The second kappa shape index (κ2) is 6.31. The van der Waals surface area contributed by atoms with Crippen molar-refractivity contribution in [3.63, 3.8) is 0 Å². The zero-order chi connectivity index (χ0) is 16.2. The summed E-state index contributed by atoms with van der Waals surface area (Å²) in [5.74, 6) is -0.464. The topological polar surface area (TPSA) is 77.2 Å². The number of carboxylic acids is 1. The number of methoxy groups -OCH3 is 1. The quantitative estimate of drug-likeness (QED) is 0.784. The molecule has 6 nitrogen and oxygen atoms in total. The molecule has 0 aliphatic rings. The SMILES string of the molecule is COc1cccc(-c2c(C(=O)O)nnn2Cc2ccccc2)c1. The summed E-state index contributed by atoms with van der Waals surface area (Å²) in [6.45, 7) is 0.438. The zero-order valence-corrected chi connectivity index (χ0v) is 12.5. The van der Waals surface area contributed by atoms with Gasteiger partial charge in [0.15, 0.2) is 5.69 Å². The minimum atomic E-state index is -1.11. The van der Waals surface area contributed by atoms with E-state index in [1.165, 1.54) is 0 Å². The third-order valence-electron chi connectivity index (χ3n) is 3.46. The summed E-state index contributed by atoms with van der Waals surface area (Å²) in [5, 5.41) is 17.2. The van der Waals surface area contributed by atoms with Gasteiger partial charge in [-0.3, -0.25) is 0 Å². The molecule has 0 fully saturated rings. The largest absolute Gasteiger partial charge is 0.497 e. The number of rotatable bonds is 5. The molecule has 23 heavy (non-hydrogen) atoms. The highest BCUT2D eigenvalue weighted by atomic mass is 16.5. The molecule has 1 N–H and O–H groups in total. The molecule has 116 valence electrons. The first kappa shape index (κ1) is 14.8. The van der Waals surface area contributed by atoms with Crippen molar-refractivity contribution in [2.45, 2.75) is 6.54 Å². The Morgan fingerprint density at radius 2 is 1.96 bits per heavy atom. The van der Waals surface area contributed by atoms with Gasteiger partial charge >= 0.3 is 5.97 Å². The Bertz CT molecular complexity index is 828. The van der Waals surface area contributed by atoms with Gasteiger partial charge in [0.05, 0.1) is 13.7 Å². The third kappa shape index (κ3) is 3.06. The predicted octanol–water partition coefficient (Wildman–Crippen LogP) is 2.70. The minimum Gasteiger partial charge on any atom is -0.497 e.